The number of carbonyl (C=O) groups is 10. The van der Waals surface area contributed by atoms with Crippen molar-refractivity contribution in [3.63, 3.8) is 0 Å². The van der Waals surface area contributed by atoms with Crippen LogP contribution < -0.4 is 50.3 Å². The van der Waals surface area contributed by atoms with Crippen LogP contribution in [0.15, 0.2) is 186 Å². The number of ether oxygens (including phenoxy) is 5. The lowest BCUT2D eigenvalue weighted by Crippen LogP contribution is -2.13. The summed E-state index contributed by atoms with van der Waals surface area (Å²) in [5.74, 6) is -10.4. The highest BCUT2D eigenvalue weighted by molar-refractivity contribution is 9.10. The summed E-state index contributed by atoms with van der Waals surface area (Å²) in [4.78, 5) is 114. The number of aromatic carboxylic acids is 5. The van der Waals surface area contributed by atoms with Crippen molar-refractivity contribution in [1.29, 1.82) is 0 Å². The third-order valence-corrected chi connectivity index (χ3v) is 18.3. The number of anilines is 5. The summed E-state index contributed by atoms with van der Waals surface area (Å²) in [6.07, 6.45) is -8.58. The zero-order chi connectivity index (χ0) is 93.4. The fourth-order valence-corrected chi connectivity index (χ4v) is 11.0. The van der Waals surface area contributed by atoms with Crippen molar-refractivity contribution in [2.45, 2.75) is 112 Å². The van der Waals surface area contributed by atoms with Gasteiger partial charge in [-0.05, 0) is 174 Å². The minimum absolute atomic E-state index is 0.0139. The highest BCUT2D eigenvalue weighted by Crippen LogP contribution is 2.36. The van der Waals surface area contributed by atoms with Crippen LogP contribution in [0.3, 0.4) is 0 Å². The van der Waals surface area contributed by atoms with Crippen LogP contribution >= 0.6 is 50.7 Å². The van der Waals surface area contributed by atoms with Gasteiger partial charge in [0.2, 0.25) is 29.5 Å². The van der Waals surface area contributed by atoms with Gasteiger partial charge in [-0.2, -0.15) is 26.3 Å². The second kappa shape index (κ2) is 48.0. The summed E-state index contributed by atoms with van der Waals surface area (Å²) in [6, 6.07) is 39.5. The predicted octanol–water partition coefficient (Wildman–Crippen LogP) is 21.9. The number of rotatable bonds is 30. The molecule has 0 spiro atoms. The van der Waals surface area contributed by atoms with Crippen LogP contribution in [0.5, 0.6) is 28.7 Å². The number of hydrogen-bond donors (Lipinski definition) is 10. The van der Waals surface area contributed by atoms with Gasteiger partial charge in [-0.1, -0.05) is 116 Å². The molecule has 0 atom stereocenters. The van der Waals surface area contributed by atoms with Crippen LogP contribution in [-0.2, 0) is 69.4 Å². The summed E-state index contributed by atoms with van der Waals surface area (Å²) in [5.41, 5.74) is -0.681. The lowest BCUT2D eigenvalue weighted by Gasteiger charge is -2.13. The topological polar surface area (TPSA) is 378 Å². The number of nitrogens with one attached hydrogen (secondary N) is 5. The molecule has 0 aliphatic rings. The molecule has 0 heterocycles. The van der Waals surface area contributed by atoms with Gasteiger partial charge in [0, 0.05) is 42.1 Å². The Morgan fingerprint density at radius 2 is 0.587 bits per heavy atom. The lowest BCUT2D eigenvalue weighted by atomic mass is 10.1. The number of hydrogen-bond acceptors (Lipinski definition) is 15. The molecule has 0 aliphatic carbocycles. The second-order valence-corrected chi connectivity index (χ2v) is 28.0. The molecule has 0 aromatic heterocycles. The molecule has 10 aromatic rings. The number of amides is 5. The minimum atomic E-state index is -4.84. The maximum atomic E-state index is 13.8. The van der Waals surface area contributed by atoms with Crippen molar-refractivity contribution < 1.29 is 141 Å². The number of carbonyl (C=O) groups excluding carboxylic acids is 5. The van der Waals surface area contributed by atoms with E-state index in [1.165, 1.54) is 91.0 Å². The van der Waals surface area contributed by atoms with Gasteiger partial charge in [0.15, 0.2) is 0 Å². The Morgan fingerprint density at radius 1 is 0.302 bits per heavy atom. The van der Waals surface area contributed by atoms with Gasteiger partial charge in [0.1, 0.15) is 85.1 Å². The molecule has 10 rings (SSSR count). The van der Waals surface area contributed by atoms with E-state index in [0.717, 1.165) is 29.8 Å². The van der Waals surface area contributed by atoms with Crippen LogP contribution in [0.1, 0.15) is 157 Å². The molecule has 0 unspecified atom stereocenters. The Bertz CT molecular complexity index is 5520. The first-order valence-corrected chi connectivity index (χ1v) is 38.9. The molecule has 25 nitrogen and oxygen atoms in total. The SMILES string of the molecule is CCC(=O)Nc1ccc(OCc2ccc(Br)cc2F)cc1C(=O)O.CCC(=O)Nc1ccc(OCc2ccc(C(F)(F)F)c(F)c2)cc1C(=O)O.CCC(=O)Nc1ccc(OCc2ccc(Cl)c(Cl)c2)cc1C(=O)O.CCC(=O)Nc1ccc(OCc2ccc(F)c(C(F)(F)F)c2)cc1C(=O)O.CCC(=O)Nc1ccc(OCc2ccc(F)c(Cl)c2)cc1C(=O)O. The Labute approximate surface area is 734 Å². The molecule has 0 radical (unpaired) electrons. The van der Waals surface area contributed by atoms with E-state index in [-0.39, 0.29) is 184 Å². The third-order valence-electron chi connectivity index (χ3n) is 16.8. The summed E-state index contributed by atoms with van der Waals surface area (Å²) in [6.45, 7) is 7.89. The number of carboxylic acids is 5. The standard InChI is InChI=1S/2C18H15F4NO4.C17H15BrFNO4.C17H15Cl2NO4.C17H15ClFNO4/c1-2-16(24)23-15-6-4-11(8-12(15)17(25)26)27-9-10-3-5-14(19)13(7-10)18(20,21)22;1-2-16(24)23-15-6-4-11(8-12(15)17(25)26)27-9-10-3-5-13(14(19)7-10)18(20,21)22;1-2-16(21)20-15-6-5-12(8-13(15)17(22)23)24-9-10-3-4-11(18)7-14(10)19;1-2-16(21)20-15-6-4-11(8-12(15)17(22)23)24-9-10-3-5-13(18)14(19)7-10;1-2-16(21)20-15-6-4-11(8-12(15)17(22)23)24-9-10-3-5-14(19)13(18)7-10/h2*3-8H,2,9H2,1H3,(H,23,24)(H,25,26);3*3-8H,2,9H2,1H3,(H,20,21)(H,22,23). The molecule has 10 aromatic carbocycles. The molecule has 0 saturated heterocycles. The fourth-order valence-electron chi connectivity index (χ4n) is 10.2. The number of alkyl halides is 6. The minimum Gasteiger partial charge on any atom is -0.489 e. The van der Waals surface area contributed by atoms with Crippen molar-refractivity contribution in [3.8, 4) is 28.7 Å². The summed E-state index contributed by atoms with van der Waals surface area (Å²) in [5, 5.41) is 59.6. The molecule has 126 heavy (non-hydrogen) atoms. The maximum Gasteiger partial charge on any atom is 0.419 e. The molecule has 0 fully saturated rings. The molecule has 10 N–H and O–H groups in total. The molecular formula is C87H75BrCl3F10N5O20. The van der Waals surface area contributed by atoms with Gasteiger partial charge in [0.25, 0.3) is 0 Å². The molecule has 0 saturated carbocycles. The van der Waals surface area contributed by atoms with Gasteiger partial charge in [-0.25, -0.2) is 41.5 Å². The van der Waals surface area contributed by atoms with E-state index in [4.69, 9.17) is 58.5 Å². The quantitative estimate of drug-likeness (QED) is 0.0187. The maximum absolute atomic E-state index is 13.8. The van der Waals surface area contributed by atoms with E-state index >= 15 is 0 Å². The Morgan fingerprint density at radius 3 is 0.873 bits per heavy atom. The summed E-state index contributed by atoms with van der Waals surface area (Å²) < 4.78 is 157. The van der Waals surface area contributed by atoms with E-state index in [1.807, 2.05) is 0 Å². The van der Waals surface area contributed by atoms with Gasteiger partial charge >= 0.3 is 42.2 Å². The van der Waals surface area contributed by atoms with Crippen LogP contribution in [0, 0.1) is 23.3 Å². The Balaban J connectivity index is 0.000000243. The van der Waals surface area contributed by atoms with Crippen molar-refractivity contribution in [2.75, 3.05) is 26.6 Å². The smallest absolute Gasteiger partial charge is 0.419 e. The van der Waals surface area contributed by atoms with Gasteiger partial charge in [-0.15, -0.1) is 0 Å². The highest BCUT2D eigenvalue weighted by atomic mass is 79.9. The third kappa shape index (κ3) is 32.0. The number of benzene rings is 10. The average molecular weight is 1890 g/mol. The highest BCUT2D eigenvalue weighted by Gasteiger charge is 2.35. The van der Waals surface area contributed by atoms with E-state index < -0.39 is 76.6 Å². The van der Waals surface area contributed by atoms with Gasteiger partial charge in [0.05, 0.1) is 82.4 Å². The van der Waals surface area contributed by atoms with Crippen LogP contribution in [0.25, 0.3) is 0 Å². The van der Waals surface area contributed by atoms with Gasteiger partial charge in [-0.3, -0.25) is 24.0 Å². The molecule has 39 heteroatoms. The van der Waals surface area contributed by atoms with Crippen molar-refractivity contribution in [1.82, 2.24) is 0 Å². The predicted molar refractivity (Wildman–Crippen MR) is 448 cm³/mol. The van der Waals surface area contributed by atoms with E-state index in [2.05, 4.69) is 42.5 Å². The first kappa shape index (κ1) is 101. The van der Waals surface area contributed by atoms with E-state index in [9.17, 15) is 117 Å². The molecule has 5 amide bonds. The van der Waals surface area contributed by atoms with Crippen LogP contribution in [-0.4, -0.2) is 84.9 Å². The largest absolute Gasteiger partial charge is 0.489 e. The normalized spacial score (nSPS) is 10.7. The van der Waals surface area contributed by atoms with E-state index in [0.29, 0.717) is 61.4 Å². The zero-order valence-corrected chi connectivity index (χ0v) is 70.4. The zero-order valence-electron chi connectivity index (χ0n) is 66.5. The summed E-state index contributed by atoms with van der Waals surface area (Å²) >= 11 is 20.7. The first-order chi connectivity index (χ1) is 59.4. The second-order valence-electron chi connectivity index (χ2n) is 25.9. The van der Waals surface area contributed by atoms with Crippen LogP contribution in [0.2, 0.25) is 15.1 Å². The number of carboxylic acid groups (broad SMARTS) is 5. The Hall–Kier alpha value is -13.5. The van der Waals surface area contributed by atoms with E-state index in [1.54, 1.807) is 77.1 Å². The molecule has 666 valence electrons. The average Bonchev–Trinajstić information content (AvgIpc) is 0.824. The van der Waals surface area contributed by atoms with Crippen molar-refractivity contribution >= 4 is 139 Å². The van der Waals surface area contributed by atoms with Crippen molar-refractivity contribution in [2.24, 2.45) is 0 Å². The van der Waals surface area contributed by atoms with Crippen LogP contribution in [0.4, 0.5) is 72.3 Å². The first-order valence-electron chi connectivity index (χ1n) is 37.0. The molecule has 0 bridgehead atoms. The van der Waals surface area contributed by atoms with Crippen molar-refractivity contribution in [3.05, 3.63) is 292 Å². The molecular weight excluding hydrogens is 1810 g/mol. The molecule has 0 aliphatic heterocycles. The Kier molecular flexibility index (Phi) is 38.6. The lowest BCUT2D eigenvalue weighted by molar-refractivity contribution is -0.140. The monoisotopic (exact) mass is 1880 g/mol. The van der Waals surface area contributed by atoms with Gasteiger partial charge < -0.3 is 75.8 Å². The number of halogens is 14. The fraction of sp³-hybridized carbons (Fsp3) is 0.195. The summed E-state index contributed by atoms with van der Waals surface area (Å²) in [7, 11) is 0.